The lowest BCUT2D eigenvalue weighted by Crippen LogP contribution is -2.36. The quantitative estimate of drug-likeness (QED) is 0.523. The zero-order chi connectivity index (χ0) is 23.8. The van der Waals surface area contributed by atoms with Gasteiger partial charge in [-0.1, -0.05) is 18.2 Å². The summed E-state index contributed by atoms with van der Waals surface area (Å²) < 4.78 is 62.0. The van der Waals surface area contributed by atoms with Crippen LogP contribution < -0.4 is 4.90 Å². The van der Waals surface area contributed by atoms with E-state index in [0.29, 0.717) is 5.92 Å². The summed E-state index contributed by atoms with van der Waals surface area (Å²) in [7, 11) is 0. The smallest absolute Gasteiger partial charge is 0.475 e. The second kappa shape index (κ2) is 8.84. The van der Waals surface area contributed by atoms with Gasteiger partial charge >= 0.3 is 12.1 Å². The molecule has 0 aliphatic carbocycles. The van der Waals surface area contributed by atoms with Crippen LogP contribution in [0.1, 0.15) is 24.4 Å². The van der Waals surface area contributed by atoms with Gasteiger partial charge in [-0.05, 0) is 43.0 Å². The van der Waals surface area contributed by atoms with Crippen molar-refractivity contribution >= 4 is 11.7 Å². The third-order valence-electron chi connectivity index (χ3n) is 5.99. The van der Waals surface area contributed by atoms with Crippen LogP contribution in [0.4, 0.5) is 27.6 Å². The van der Waals surface area contributed by atoms with E-state index in [-0.39, 0.29) is 17.7 Å². The van der Waals surface area contributed by atoms with Crippen molar-refractivity contribution in [2.24, 2.45) is 5.92 Å². The third-order valence-corrected chi connectivity index (χ3v) is 5.99. The van der Waals surface area contributed by atoms with Crippen LogP contribution in [-0.4, -0.2) is 39.9 Å². The monoisotopic (exact) mass is 465 g/mol. The molecule has 0 saturated carbocycles. The molecule has 1 N–H and O–H groups in total. The predicted molar refractivity (Wildman–Crippen MR) is 111 cm³/mol. The highest BCUT2D eigenvalue weighted by Crippen LogP contribution is 2.46. The molecular formula is C23H20F5N3O2. The van der Waals surface area contributed by atoms with E-state index >= 15 is 0 Å². The fourth-order valence-electron chi connectivity index (χ4n) is 4.54. The van der Waals surface area contributed by atoms with Gasteiger partial charge in [-0.25, -0.2) is 18.6 Å². The Morgan fingerprint density at radius 3 is 2.36 bits per heavy atom. The highest BCUT2D eigenvalue weighted by Gasteiger charge is 2.39. The fourth-order valence-corrected chi connectivity index (χ4v) is 4.54. The number of aliphatic carboxylic acids is 1. The number of carboxylic acid groups (broad SMARTS) is 1. The number of hydrogen-bond acceptors (Lipinski definition) is 3. The Kier molecular flexibility index (Phi) is 6.09. The molecule has 3 heterocycles. The summed E-state index contributed by atoms with van der Waals surface area (Å²) in [6.07, 6.45) is 0.428. The maximum absolute atomic E-state index is 14.6. The van der Waals surface area contributed by atoms with Crippen molar-refractivity contribution in [1.82, 2.24) is 9.55 Å². The molecular weight excluding hydrogens is 445 g/mol. The second-order valence-corrected chi connectivity index (χ2v) is 7.94. The number of anilines is 1. The van der Waals surface area contributed by atoms with Crippen LogP contribution in [0.5, 0.6) is 0 Å². The average molecular weight is 465 g/mol. The zero-order valence-corrected chi connectivity index (χ0v) is 17.3. The van der Waals surface area contributed by atoms with Gasteiger partial charge in [0, 0.05) is 29.9 Å². The van der Waals surface area contributed by atoms with Crippen molar-refractivity contribution in [3.8, 4) is 11.3 Å². The fraction of sp³-hybridized carbons (Fsp3) is 0.304. The number of nitrogens with zero attached hydrogens (tertiary/aromatic N) is 3. The zero-order valence-electron chi connectivity index (χ0n) is 17.3. The van der Waals surface area contributed by atoms with Crippen molar-refractivity contribution in [3.63, 3.8) is 0 Å². The summed E-state index contributed by atoms with van der Waals surface area (Å²) in [5.41, 5.74) is 3.68. The van der Waals surface area contributed by atoms with E-state index < -0.39 is 12.1 Å². The maximum Gasteiger partial charge on any atom is 0.490 e. The Morgan fingerprint density at radius 2 is 1.73 bits per heavy atom. The number of alkyl halides is 3. The summed E-state index contributed by atoms with van der Waals surface area (Å²) in [6, 6.07) is 12.0. The third kappa shape index (κ3) is 4.55. The van der Waals surface area contributed by atoms with Gasteiger partial charge in [0.2, 0.25) is 0 Å². The van der Waals surface area contributed by atoms with Gasteiger partial charge in [0.05, 0.1) is 24.3 Å². The number of imidazole rings is 1. The summed E-state index contributed by atoms with van der Waals surface area (Å²) in [5.74, 6) is -2.76. The van der Waals surface area contributed by atoms with Crippen LogP contribution in [0.2, 0.25) is 0 Å². The number of carboxylic acids is 1. The van der Waals surface area contributed by atoms with Gasteiger partial charge in [-0.2, -0.15) is 13.2 Å². The van der Waals surface area contributed by atoms with E-state index in [0.717, 1.165) is 48.4 Å². The molecule has 0 radical (unpaired) electrons. The van der Waals surface area contributed by atoms with Crippen LogP contribution in [0.15, 0.2) is 55.0 Å². The Labute approximate surface area is 186 Å². The molecule has 0 bridgehead atoms. The van der Waals surface area contributed by atoms with E-state index in [9.17, 15) is 22.0 Å². The summed E-state index contributed by atoms with van der Waals surface area (Å²) >= 11 is 0. The minimum atomic E-state index is -5.08. The van der Waals surface area contributed by atoms with Crippen LogP contribution in [-0.2, 0) is 4.79 Å². The lowest BCUT2D eigenvalue weighted by molar-refractivity contribution is -0.192. The molecule has 0 amide bonds. The Morgan fingerprint density at radius 1 is 1.06 bits per heavy atom. The van der Waals surface area contributed by atoms with E-state index in [2.05, 4.69) is 14.5 Å². The molecule has 1 unspecified atom stereocenters. The summed E-state index contributed by atoms with van der Waals surface area (Å²) in [5, 5.41) is 7.12. The van der Waals surface area contributed by atoms with E-state index in [1.165, 1.54) is 6.07 Å². The number of benzene rings is 2. The number of fused-ring (bicyclic) bond motifs is 3. The van der Waals surface area contributed by atoms with Crippen LogP contribution >= 0.6 is 0 Å². The van der Waals surface area contributed by atoms with Crippen molar-refractivity contribution in [2.45, 2.75) is 25.1 Å². The van der Waals surface area contributed by atoms with Gasteiger partial charge in [-0.15, -0.1) is 0 Å². The lowest BCUT2D eigenvalue weighted by atomic mass is 9.85. The second-order valence-electron chi connectivity index (χ2n) is 7.94. The van der Waals surface area contributed by atoms with Crippen molar-refractivity contribution in [1.29, 1.82) is 0 Å². The summed E-state index contributed by atoms with van der Waals surface area (Å²) in [4.78, 5) is 15.4. The lowest BCUT2D eigenvalue weighted by Gasteiger charge is -2.37. The highest BCUT2D eigenvalue weighted by atomic mass is 19.4. The van der Waals surface area contributed by atoms with Crippen LogP contribution in [0, 0.1) is 17.6 Å². The molecule has 2 aromatic carbocycles. The average Bonchev–Trinajstić information content (AvgIpc) is 3.36. The van der Waals surface area contributed by atoms with Gasteiger partial charge < -0.3 is 14.6 Å². The first-order valence-electron chi connectivity index (χ1n) is 10.3. The molecule has 1 aromatic heterocycles. The number of rotatable bonds is 2. The number of piperidine rings is 1. The van der Waals surface area contributed by atoms with E-state index in [1.54, 1.807) is 24.3 Å². The standard InChI is InChI=1S/C21H19F2N3.C2HF3O2/c22-15-3-1-4-16(11-15)25-9-7-14(8-10-25)21-20-17(5-2-6-18(20)23)19-12-24-13-26(19)21;3-2(4,5)1(6)7/h1-6,11-14,21H,7-10H2;(H,6,7). The molecule has 1 atom stereocenters. The molecule has 5 rings (SSSR count). The number of carbonyl (C=O) groups is 1. The normalized spacial score (nSPS) is 17.7. The van der Waals surface area contributed by atoms with Gasteiger partial charge in [-0.3, -0.25) is 0 Å². The largest absolute Gasteiger partial charge is 0.490 e. The first kappa shape index (κ1) is 22.8. The van der Waals surface area contributed by atoms with Crippen molar-refractivity contribution in [2.75, 3.05) is 18.0 Å². The predicted octanol–water partition coefficient (Wildman–Crippen LogP) is 5.28. The summed E-state index contributed by atoms with van der Waals surface area (Å²) in [6.45, 7) is 1.69. The molecule has 2 aliphatic rings. The maximum atomic E-state index is 14.6. The Balaban J connectivity index is 0.000000325. The van der Waals surface area contributed by atoms with Crippen LogP contribution in [0.25, 0.3) is 11.3 Å². The molecule has 0 spiro atoms. The van der Waals surface area contributed by atoms with Gasteiger partial charge in [0.25, 0.3) is 0 Å². The molecule has 10 heteroatoms. The van der Waals surface area contributed by atoms with Crippen molar-refractivity contribution in [3.05, 3.63) is 72.2 Å². The van der Waals surface area contributed by atoms with Crippen LogP contribution in [0.3, 0.4) is 0 Å². The molecule has 2 aliphatic heterocycles. The SMILES string of the molecule is Fc1cccc(N2CCC(C3c4c(F)cccc4-c4cncn43)CC2)c1.O=C(O)C(F)(F)F. The molecule has 174 valence electrons. The number of hydrogen-bond donors (Lipinski definition) is 1. The topological polar surface area (TPSA) is 58.4 Å². The van der Waals surface area contributed by atoms with Gasteiger partial charge in [0.1, 0.15) is 11.6 Å². The Bertz CT molecular complexity index is 1150. The Hall–Kier alpha value is -3.43. The molecule has 1 saturated heterocycles. The van der Waals surface area contributed by atoms with E-state index in [1.807, 2.05) is 24.7 Å². The molecule has 3 aromatic rings. The number of aromatic nitrogens is 2. The van der Waals surface area contributed by atoms with Gasteiger partial charge in [0.15, 0.2) is 0 Å². The first-order chi connectivity index (χ1) is 15.7. The highest BCUT2D eigenvalue weighted by molar-refractivity contribution is 5.73. The van der Waals surface area contributed by atoms with E-state index in [4.69, 9.17) is 9.90 Å². The van der Waals surface area contributed by atoms with Crippen molar-refractivity contribution < 1.29 is 31.9 Å². The molecule has 5 nitrogen and oxygen atoms in total. The molecule has 33 heavy (non-hydrogen) atoms. The first-order valence-corrected chi connectivity index (χ1v) is 10.3. The minimum absolute atomic E-state index is 0.00152. The number of halogens is 5. The molecule has 1 fully saturated rings. The minimum Gasteiger partial charge on any atom is -0.475 e.